The van der Waals surface area contributed by atoms with Gasteiger partial charge < -0.3 is 10.6 Å². The largest absolute Gasteiger partial charge is 0.344 e. The summed E-state index contributed by atoms with van der Waals surface area (Å²) in [5.41, 5.74) is 1.59. The number of carbonyl (C=O) groups excluding carboxylic acids is 1. The van der Waals surface area contributed by atoms with Gasteiger partial charge in [0.15, 0.2) is 5.13 Å². The van der Waals surface area contributed by atoms with Crippen molar-refractivity contribution in [2.45, 2.75) is 6.04 Å². The predicted molar refractivity (Wildman–Crippen MR) is 93.8 cm³/mol. The standard InChI is InChI=1S/C18H16N3OS/c1-13(20-17(22)14-8-4-2-5-9-14)16-12-19-18(23-16)21-15-10-6-3-7-11-15/h2-13H,1H2,(H,19,21)(H,20,22). The second-order valence-corrected chi connectivity index (χ2v) is 6.01. The van der Waals surface area contributed by atoms with Gasteiger partial charge in [0.05, 0.1) is 6.04 Å². The average molecular weight is 322 g/mol. The quantitative estimate of drug-likeness (QED) is 0.740. The number of nitrogens with zero attached hydrogens (tertiary/aromatic N) is 1. The van der Waals surface area contributed by atoms with Crippen molar-refractivity contribution in [2.24, 2.45) is 0 Å². The first-order chi connectivity index (χ1) is 11.2. The lowest BCUT2D eigenvalue weighted by Gasteiger charge is -2.11. The van der Waals surface area contributed by atoms with Crippen LogP contribution in [0.3, 0.4) is 0 Å². The van der Waals surface area contributed by atoms with Crippen LogP contribution in [-0.4, -0.2) is 10.9 Å². The molecule has 1 atom stereocenters. The van der Waals surface area contributed by atoms with Crippen LogP contribution in [-0.2, 0) is 0 Å². The molecule has 0 fully saturated rings. The zero-order valence-electron chi connectivity index (χ0n) is 12.4. The van der Waals surface area contributed by atoms with Crippen molar-refractivity contribution >= 4 is 28.1 Å². The number of carbonyl (C=O) groups is 1. The van der Waals surface area contributed by atoms with Crippen molar-refractivity contribution in [1.29, 1.82) is 0 Å². The number of rotatable bonds is 5. The van der Waals surface area contributed by atoms with Gasteiger partial charge in [0.1, 0.15) is 0 Å². The van der Waals surface area contributed by atoms with E-state index >= 15 is 0 Å². The van der Waals surface area contributed by atoms with Gasteiger partial charge in [-0.25, -0.2) is 4.98 Å². The van der Waals surface area contributed by atoms with E-state index in [1.54, 1.807) is 18.3 Å². The average Bonchev–Trinajstić information content (AvgIpc) is 3.05. The molecule has 1 heterocycles. The minimum atomic E-state index is -0.341. The highest BCUT2D eigenvalue weighted by atomic mass is 32.1. The minimum absolute atomic E-state index is 0.142. The lowest BCUT2D eigenvalue weighted by molar-refractivity contribution is 0.0944. The molecule has 1 amide bonds. The van der Waals surface area contributed by atoms with Crippen LogP contribution >= 0.6 is 11.3 Å². The molecular weight excluding hydrogens is 306 g/mol. The van der Waals surface area contributed by atoms with Crippen molar-refractivity contribution in [2.75, 3.05) is 5.32 Å². The van der Waals surface area contributed by atoms with E-state index in [-0.39, 0.29) is 11.9 Å². The third-order valence-corrected chi connectivity index (χ3v) is 4.26. The Morgan fingerprint density at radius 1 is 1.04 bits per heavy atom. The van der Waals surface area contributed by atoms with Gasteiger partial charge >= 0.3 is 0 Å². The Hall–Kier alpha value is -2.66. The Morgan fingerprint density at radius 3 is 2.39 bits per heavy atom. The smallest absolute Gasteiger partial charge is 0.251 e. The molecular formula is C18H16N3OS. The van der Waals surface area contributed by atoms with Crippen molar-refractivity contribution < 1.29 is 4.79 Å². The first-order valence-corrected chi connectivity index (χ1v) is 8.01. The molecule has 3 aromatic rings. The molecule has 1 unspecified atom stereocenters. The molecule has 1 aromatic heterocycles. The summed E-state index contributed by atoms with van der Waals surface area (Å²) in [6.45, 7) is 4.00. The summed E-state index contributed by atoms with van der Waals surface area (Å²) < 4.78 is 0. The van der Waals surface area contributed by atoms with Crippen LogP contribution < -0.4 is 10.6 Å². The van der Waals surface area contributed by atoms with E-state index in [1.165, 1.54) is 11.3 Å². The highest BCUT2D eigenvalue weighted by Crippen LogP contribution is 2.26. The Bertz CT molecular complexity index is 771. The molecule has 0 saturated heterocycles. The van der Waals surface area contributed by atoms with E-state index in [9.17, 15) is 4.79 Å². The normalized spacial score (nSPS) is 11.7. The van der Waals surface area contributed by atoms with Crippen molar-refractivity contribution in [3.8, 4) is 0 Å². The Kier molecular flexibility index (Phi) is 4.68. The Balaban J connectivity index is 1.64. The second-order valence-electron chi connectivity index (χ2n) is 4.95. The zero-order chi connectivity index (χ0) is 16.1. The second kappa shape index (κ2) is 7.07. The number of hydrogen-bond donors (Lipinski definition) is 2. The summed E-state index contributed by atoms with van der Waals surface area (Å²) in [7, 11) is 0. The number of aromatic nitrogens is 1. The van der Waals surface area contributed by atoms with Crippen molar-refractivity contribution in [3.63, 3.8) is 0 Å². The monoisotopic (exact) mass is 322 g/mol. The Labute approximate surface area is 139 Å². The zero-order valence-corrected chi connectivity index (χ0v) is 13.2. The molecule has 0 aliphatic rings. The van der Waals surface area contributed by atoms with E-state index in [0.717, 1.165) is 15.7 Å². The molecule has 115 valence electrons. The van der Waals surface area contributed by atoms with Gasteiger partial charge in [-0.15, -0.1) is 0 Å². The van der Waals surface area contributed by atoms with Crippen LogP contribution in [0, 0.1) is 6.92 Å². The van der Waals surface area contributed by atoms with E-state index < -0.39 is 0 Å². The maximum Gasteiger partial charge on any atom is 0.251 e. The summed E-state index contributed by atoms with van der Waals surface area (Å²) in [5.74, 6) is -0.142. The number of nitrogens with one attached hydrogen (secondary N) is 2. The molecule has 1 radical (unpaired) electrons. The Morgan fingerprint density at radius 2 is 1.70 bits per heavy atom. The molecule has 0 bridgehead atoms. The third kappa shape index (κ3) is 3.96. The van der Waals surface area contributed by atoms with E-state index in [2.05, 4.69) is 22.5 Å². The number of hydrogen-bond acceptors (Lipinski definition) is 4. The van der Waals surface area contributed by atoms with Crippen LogP contribution in [0.4, 0.5) is 10.8 Å². The van der Waals surface area contributed by atoms with Gasteiger partial charge in [0.2, 0.25) is 0 Å². The predicted octanol–water partition coefficient (Wildman–Crippen LogP) is 4.19. The topological polar surface area (TPSA) is 54.0 Å². The third-order valence-electron chi connectivity index (χ3n) is 3.23. The van der Waals surface area contributed by atoms with E-state index in [0.29, 0.717) is 5.56 Å². The van der Waals surface area contributed by atoms with Crippen LogP contribution in [0.1, 0.15) is 21.3 Å². The summed E-state index contributed by atoms with van der Waals surface area (Å²) in [6.07, 6.45) is 1.74. The van der Waals surface area contributed by atoms with Gasteiger partial charge in [-0.05, 0) is 31.2 Å². The maximum absolute atomic E-state index is 12.1. The molecule has 2 aromatic carbocycles. The molecule has 2 N–H and O–H groups in total. The minimum Gasteiger partial charge on any atom is -0.344 e. The fourth-order valence-corrected chi connectivity index (χ4v) is 2.86. The highest BCUT2D eigenvalue weighted by Gasteiger charge is 2.14. The first kappa shape index (κ1) is 15.2. The fourth-order valence-electron chi connectivity index (χ4n) is 2.05. The van der Waals surface area contributed by atoms with Gasteiger partial charge in [-0.3, -0.25) is 4.79 Å². The number of anilines is 2. The molecule has 3 rings (SSSR count). The lowest BCUT2D eigenvalue weighted by atomic mass is 10.2. The molecule has 0 aliphatic carbocycles. The molecule has 23 heavy (non-hydrogen) atoms. The molecule has 0 saturated carbocycles. The lowest BCUT2D eigenvalue weighted by Crippen LogP contribution is -2.26. The van der Waals surface area contributed by atoms with Crippen LogP contribution in [0.5, 0.6) is 0 Å². The number of para-hydroxylation sites is 1. The van der Waals surface area contributed by atoms with E-state index in [1.807, 2.05) is 48.5 Å². The first-order valence-electron chi connectivity index (χ1n) is 7.19. The summed E-state index contributed by atoms with van der Waals surface area (Å²) in [4.78, 5) is 17.4. The van der Waals surface area contributed by atoms with Gasteiger partial charge in [-0.1, -0.05) is 47.7 Å². The molecule has 5 heteroatoms. The van der Waals surface area contributed by atoms with Gasteiger partial charge in [-0.2, -0.15) is 0 Å². The van der Waals surface area contributed by atoms with Crippen LogP contribution in [0.25, 0.3) is 0 Å². The highest BCUT2D eigenvalue weighted by molar-refractivity contribution is 7.15. The molecule has 4 nitrogen and oxygen atoms in total. The number of amides is 1. The summed E-state index contributed by atoms with van der Waals surface area (Å²) >= 11 is 1.47. The van der Waals surface area contributed by atoms with Crippen molar-refractivity contribution in [1.82, 2.24) is 10.3 Å². The number of benzene rings is 2. The van der Waals surface area contributed by atoms with Crippen molar-refractivity contribution in [3.05, 3.63) is 84.2 Å². The number of thiazole rings is 1. The molecule has 0 aliphatic heterocycles. The fraction of sp³-hybridized carbons (Fsp3) is 0.0556. The SMILES string of the molecule is [CH2]C(NC(=O)c1ccccc1)c1cnc(Nc2ccccc2)s1. The summed E-state index contributed by atoms with van der Waals surface area (Å²) in [5, 5.41) is 6.89. The van der Waals surface area contributed by atoms with Gasteiger partial charge in [0, 0.05) is 22.3 Å². The van der Waals surface area contributed by atoms with Gasteiger partial charge in [0.25, 0.3) is 5.91 Å². The van der Waals surface area contributed by atoms with E-state index in [4.69, 9.17) is 0 Å². The molecule has 0 spiro atoms. The summed E-state index contributed by atoms with van der Waals surface area (Å²) in [6, 6.07) is 18.6. The maximum atomic E-state index is 12.1. The van der Waals surface area contributed by atoms with Crippen LogP contribution in [0.2, 0.25) is 0 Å². The van der Waals surface area contributed by atoms with Crippen LogP contribution in [0.15, 0.2) is 66.9 Å².